The van der Waals surface area contributed by atoms with Crippen LogP contribution in [0, 0.1) is 6.92 Å². The number of nitrogens with one attached hydrogen (secondary N) is 2. The number of ether oxygens (including phenoxy) is 1. The minimum absolute atomic E-state index is 0.177. The SMILES string of the molecule is Cc1ccccc1C(=O)Nc1cccc(NC(=O)COc2ccccc2Cl)c1. The van der Waals surface area contributed by atoms with Crippen LogP contribution in [0.25, 0.3) is 0 Å². The van der Waals surface area contributed by atoms with Gasteiger partial charge in [-0.25, -0.2) is 0 Å². The van der Waals surface area contributed by atoms with Crippen molar-refractivity contribution in [2.45, 2.75) is 6.92 Å². The van der Waals surface area contributed by atoms with E-state index < -0.39 is 0 Å². The Morgan fingerprint density at radius 1 is 0.893 bits per heavy atom. The van der Waals surface area contributed by atoms with E-state index in [-0.39, 0.29) is 18.4 Å². The smallest absolute Gasteiger partial charge is 0.262 e. The summed E-state index contributed by atoms with van der Waals surface area (Å²) in [6.07, 6.45) is 0. The fourth-order valence-electron chi connectivity index (χ4n) is 2.60. The molecule has 0 radical (unpaired) electrons. The van der Waals surface area contributed by atoms with E-state index in [2.05, 4.69) is 10.6 Å². The molecule has 0 fully saturated rings. The normalized spacial score (nSPS) is 10.2. The van der Waals surface area contributed by atoms with E-state index in [0.29, 0.717) is 27.7 Å². The first-order valence-corrected chi connectivity index (χ1v) is 9.05. The van der Waals surface area contributed by atoms with Crippen molar-refractivity contribution in [1.82, 2.24) is 0 Å². The molecule has 28 heavy (non-hydrogen) atoms. The van der Waals surface area contributed by atoms with Gasteiger partial charge in [0, 0.05) is 16.9 Å². The zero-order valence-electron chi connectivity index (χ0n) is 15.2. The van der Waals surface area contributed by atoms with Crippen LogP contribution >= 0.6 is 11.6 Å². The van der Waals surface area contributed by atoms with Gasteiger partial charge in [0.2, 0.25) is 0 Å². The maximum atomic E-state index is 12.4. The molecule has 2 amide bonds. The highest BCUT2D eigenvalue weighted by Crippen LogP contribution is 2.23. The number of anilines is 2. The highest BCUT2D eigenvalue weighted by Gasteiger charge is 2.10. The van der Waals surface area contributed by atoms with Gasteiger partial charge in [0.1, 0.15) is 5.75 Å². The van der Waals surface area contributed by atoms with Crippen molar-refractivity contribution in [2.24, 2.45) is 0 Å². The van der Waals surface area contributed by atoms with Gasteiger partial charge < -0.3 is 15.4 Å². The van der Waals surface area contributed by atoms with Gasteiger partial charge in [-0.1, -0.05) is 48.0 Å². The lowest BCUT2D eigenvalue weighted by atomic mass is 10.1. The summed E-state index contributed by atoms with van der Waals surface area (Å²) in [7, 11) is 0. The molecule has 0 saturated heterocycles. The Morgan fingerprint density at radius 3 is 2.32 bits per heavy atom. The molecule has 3 rings (SSSR count). The largest absolute Gasteiger partial charge is 0.482 e. The van der Waals surface area contributed by atoms with E-state index in [1.54, 1.807) is 54.6 Å². The molecular weight excluding hydrogens is 376 g/mol. The molecule has 0 saturated carbocycles. The third-order valence-electron chi connectivity index (χ3n) is 3.99. The van der Waals surface area contributed by atoms with Gasteiger partial charge >= 0.3 is 0 Å². The first-order chi connectivity index (χ1) is 13.5. The summed E-state index contributed by atoms with van der Waals surface area (Å²) in [5, 5.41) is 6.02. The summed E-state index contributed by atoms with van der Waals surface area (Å²) in [6, 6.07) is 21.2. The van der Waals surface area contributed by atoms with Crippen molar-refractivity contribution >= 4 is 34.8 Å². The molecular formula is C22H19ClN2O3. The van der Waals surface area contributed by atoms with E-state index in [0.717, 1.165) is 5.56 Å². The molecule has 2 N–H and O–H groups in total. The average Bonchev–Trinajstić information content (AvgIpc) is 2.68. The molecule has 0 heterocycles. The summed E-state index contributed by atoms with van der Waals surface area (Å²) < 4.78 is 5.42. The number of rotatable bonds is 6. The van der Waals surface area contributed by atoms with Crippen molar-refractivity contribution in [3.05, 3.63) is 88.9 Å². The third-order valence-corrected chi connectivity index (χ3v) is 4.30. The first kappa shape index (κ1) is 19.5. The molecule has 142 valence electrons. The van der Waals surface area contributed by atoms with Crippen molar-refractivity contribution in [2.75, 3.05) is 17.2 Å². The summed E-state index contributed by atoms with van der Waals surface area (Å²) >= 11 is 6.00. The maximum absolute atomic E-state index is 12.4. The van der Waals surface area contributed by atoms with Crippen LogP contribution in [0.15, 0.2) is 72.8 Å². The Hall–Kier alpha value is -3.31. The van der Waals surface area contributed by atoms with Gasteiger partial charge in [-0.05, 0) is 48.9 Å². The second-order valence-corrected chi connectivity index (χ2v) is 6.52. The predicted octanol–water partition coefficient (Wildman–Crippen LogP) is 4.92. The third kappa shape index (κ3) is 5.11. The van der Waals surface area contributed by atoms with Crippen LogP contribution in [0.3, 0.4) is 0 Å². The van der Waals surface area contributed by atoms with E-state index in [1.165, 1.54) is 0 Å². The Morgan fingerprint density at radius 2 is 1.57 bits per heavy atom. The monoisotopic (exact) mass is 394 g/mol. The van der Waals surface area contributed by atoms with Crippen LogP contribution in [-0.4, -0.2) is 18.4 Å². The Labute approximate surface area is 168 Å². The van der Waals surface area contributed by atoms with E-state index in [9.17, 15) is 9.59 Å². The van der Waals surface area contributed by atoms with Crippen molar-refractivity contribution in [3.8, 4) is 5.75 Å². The van der Waals surface area contributed by atoms with Gasteiger partial charge in [-0.15, -0.1) is 0 Å². The molecule has 3 aromatic rings. The minimum Gasteiger partial charge on any atom is -0.482 e. The quantitative estimate of drug-likeness (QED) is 0.623. The first-order valence-electron chi connectivity index (χ1n) is 8.67. The highest BCUT2D eigenvalue weighted by atomic mass is 35.5. The number of para-hydroxylation sites is 1. The summed E-state index contributed by atoms with van der Waals surface area (Å²) in [6.45, 7) is 1.70. The number of carbonyl (C=O) groups excluding carboxylic acids is 2. The molecule has 0 unspecified atom stereocenters. The standard InChI is InChI=1S/C22H19ClN2O3/c1-15-7-2-3-10-18(15)22(27)25-17-9-6-8-16(13-17)24-21(26)14-28-20-12-5-4-11-19(20)23/h2-13H,14H2,1H3,(H,24,26)(H,25,27). The highest BCUT2D eigenvalue weighted by molar-refractivity contribution is 6.32. The number of aryl methyl sites for hydroxylation is 1. The van der Waals surface area contributed by atoms with Gasteiger partial charge in [-0.2, -0.15) is 0 Å². The lowest BCUT2D eigenvalue weighted by molar-refractivity contribution is -0.118. The molecule has 0 atom stereocenters. The molecule has 0 aliphatic heterocycles. The second kappa shape index (κ2) is 9.06. The molecule has 0 aliphatic rings. The van der Waals surface area contributed by atoms with Crippen LogP contribution in [-0.2, 0) is 4.79 Å². The molecule has 0 spiro atoms. The number of hydrogen-bond donors (Lipinski definition) is 2. The molecule has 5 nitrogen and oxygen atoms in total. The number of carbonyl (C=O) groups is 2. The minimum atomic E-state index is -0.331. The van der Waals surface area contributed by atoms with Gasteiger partial charge in [-0.3, -0.25) is 9.59 Å². The maximum Gasteiger partial charge on any atom is 0.262 e. The number of hydrogen-bond acceptors (Lipinski definition) is 3. The lowest BCUT2D eigenvalue weighted by Gasteiger charge is -2.11. The number of amides is 2. The Kier molecular flexibility index (Phi) is 6.29. The lowest BCUT2D eigenvalue weighted by Crippen LogP contribution is -2.20. The topological polar surface area (TPSA) is 67.4 Å². The summed E-state index contributed by atoms with van der Waals surface area (Å²) in [5.74, 6) is -0.0931. The fourth-order valence-corrected chi connectivity index (χ4v) is 2.79. The van der Waals surface area contributed by atoms with Gasteiger partial charge in [0.05, 0.1) is 5.02 Å². The van der Waals surface area contributed by atoms with Crippen LogP contribution in [0.2, 0.25) is 5.02 Å². The van der Waals surface area contributed by atoms with Crippen LogP contribution in [0.5, 0.6) is 5.75 Å². The summed E-state index contributed by atoms with van der Waals surface area (Å²) in [4.78, 5) is 24.6. The molecule has 6 heteroatoms. The number of benzene rings is 3. The van der Waals surface area contributed by atoms with E-state index >= 15 is 0 Å². The molecule has 0 aromatic heterocycles. The van der Waals surface area contributed by atoms with E-state index in [1.807, 2.05) is 25.1 Å². The average molecular weight is 395 g/mol. The number of halogens is 1. The predicted molar refractivity (Wildman–Crippen MR) is 111 cm³/mol. The van der Waals surface area contributed by atoms with Crippen molar-refractivity contribution < 1.29 is 14.3 Å². The van der Waals surface area contributed by atoms with Gasteiger partial charge in [0.15, 0.2) is 6.61 Å². The fraction of sp³-hybridized carbons (Fsp3) is 0.0909. The summed E-state index contributed by atoms with van der Waals surface area (Å²) in [5.41, 5.74) is 2.62. The molecule has 3 aromatic carbocycles. The zero-order valence-corrected chi connectivity index (χ0v) is 16.0. The van der Waals surface area contributed by atoms with Crippen LogP contribution in [0.1, 0.15) is 15.9 Å². The molecule has 0 aliphatic carbocycles. The second-order valence-electron chi connectivity index (χ2n) is 6.12. The molecule has 0 bridgehead atoms. The zero-order chi connectivity index (χ0) is 19.9. The van der Waals surface area contributed by atoms with Crippen molar-refractivity contribution in [1.29, 1.82) is 0 Å². The van der Waals surface area contributed by atoms with Gasteiger partial charge in [0.25, 0.3) is 11.8 Å². The Balaban J connectivity index is 1.60. The Bertz CT molecular complexity index is 1000. The van der Waals surface area contributed by atoms with Crippen molar-refractivity contribution in [3.63, 3.8) is 0 Å². The van der Waals surface area contributed by atoms with Crippen LogP contribution in [0.4, 0.5) is 11.4 Å². The van der Waals surface area contributed by atoms with Crippen LogP contribution < -0.4 is 15.4 Å². The van der Waals surface area contributed by atoms with E-state index in [4.69, 9.17) is 16.3 Å².